The standard InChI is InChI=1S/C5H12N2OS/c1-4(8)3-7(2)5(6)9/h4,8H,3H2,1-2H3,(H2,6,9). The van der Waals surface area contributed by atoms with E-state index in [2.05, 4.69) is 12.2 Å². The summed E-state index contributed by atoms with van der Waals surface area (Å²) in [5, 5.41) is 9.13. The zero-order chi connectivity index (χ0) is 7.44. The van der Waals surface area contributed by atoms with Crippen molar-refractivity contribution in [2.24, 2.45) is 5.73 Å². The van der Waals surface area contributed by atoms with Crippen molar-refractivity contribution in [3.8, 4) is 0 Å². The first-order chi connectivity index (χ1) is 4.04. The van der Waals surface area contributed by atoms with Crippen LogP contribution in [0.4, 0.5) is 0 Å². The van der Waals surface area contributed by atoms with E-state index < -0.39 is 0 Å². The summed E-state index contributed by atoms with van der Waals surface area (Å²) in [6.45, 7) is 2.18. The fraction of sp³-hybridized carbons (Fsp3) is 0.800. The van der Waals surface area contributed by atoms with Crippen LogP contribution in [0.25, 0.3) is 0 Å². The number of thiocarbonyl (C=S) groups is 1. The maximum atomic E-state index is 8.81. The van der Waals surface area contributed by atoms with Crippen molar-refractivity contribution in [1.29, 1.82) is 0 Å². The molecule has 3 N–H and O–H groups in total. The van der Waals surface area contributed by atoms with E-state index in [9.17, 15) is 0 Å². The highest BCUT2D eigenvalue weighted by Crippen LogP contribution is 1.85. The van der Waals surface area contributed by atoms with Crippen molar-refractivity contribution in [3.63, 3.8) is 0 Å². The fourth-order valence-corrected chi connectivity index (χ4v) is 0.561. The summed E-state index contributed by atoms with van der Waals surface area (Å²) in [7, 11) is 1.75. The van der Waals surface area contributed by atoms with Gasteiger partial charge in [-0.25, -0.2) is 0 Å². The highest BCUT2D eigenvalue weighted by Gasteiger charge is 2.01. The second-order valence-corrected chi connectivity index (χ2v) is 2.49. The molecule has 3 nitrogen and oxygen atoms in total. The number of nitrogens with two attached hydrogens (primary N) is 1. The highest BCUT2D eigenvalue weighted by atomic mass is 32.1. The Balaban J connectivity index is 3.50. The first-order valence-corrected chi connectivity index (χ1v) is 3.13. The number of hydrogen-bond donors (Lipinski definition) is 2. The second-order valence-electron chi connectivity index (χ2n) is 2.07. The molecule has 0 spiro atoms. The Morgan fingerprint density at radius 3 is 2.44 bits per heavy atom. The molecule has 1 unspecified atom stereocenters. The quantitative estimate of drug-likeness (QED) is 0.520. The summed E-state index contributed by atoms with van der Waals surface area (Å²) in [5.74, 6) is 0. The molecule has 0 aromatic rings. The molecule has 0 aliphatic rings. The number of nitrogens with zero attached hydrogens (tertiary/aromatic N) is 1. The Labute approximate surface area is 60.5 Å². The molecule has 54 valence electrons. The number of hydrogen-bond acceptors (Lipinski definition) is 2. The zero-order valence-electron chi connectivity index (χ0n) is 5.66. The maximum absolute atomic E-state index is 8.81. The average molecular weight is 148 g/mol. The van der Waals surface area contributed by atoms with Crippen LogP contribution in [0.2, 0.25) is 0 Å². The van der Waals surface area contributed by atoms with Gasteiger partial charge in [0.1, 0.15) is 0 Å². The van der Waals surface area contributed by atoms with Crippen molar-refractivity contribution < 1.29 is 5.11 Å². The smallest absolute Gasteiger partial charge is 0.166 e. The Kier molecular flexibility index (Phi) is 3.49. The molecule has 0 saturated heterocycles. The number of aliphatic hydroxyl groups is 1. The van der Waals surface area contributed by atoms with Crippen molar-refractivity contribution in [1.82, 2.24) is 4.90 Å². The molecular weight excluding hydrogens is 136 g/mol. The van der Waals surface area contributed by atoms with Gasteiger partial charge in [0.2, 0.25) is 0 Å². The van der Waals surface area contributed by atoms with Crippen LogP contribution >= 0.6 is 12.2 Å². The molecule has 0 amide bonds. The molecule has 0 heterocycles. The molecular formula is C5H12N2OS. The van der Waals surface area contributed by atoms with E-state index >= 15 is 0 Å². The summed E-state index contributed by atoms with van der Waals surface area (Å²) in [4.78, 5) is 1.62. The Morgan fingerprint density at radius 2 is 2.33 bits per heavy atom. The molecule has 1 atom stereocenters. The topological polar surface area (TPSA) is 49.5 Å². The highest BCUT2D eigenvalue weighted by molar-refractivity contribution is 7.80. The van der Waals surface area contributed by atoms with Crippen molar-refractivity contribution in [3.05, 3.63) is 0 Å². The van der Waals surface area contributed by atoms with E-state index in [0.717, 1.165) is 0 Å². The van der Waals surface area contributed by atoms with Gasteiger partial charge in [0.25, 0.3) is 0 Å². The average Bonchev–Trinajstić information content (AvgIpc) is 1.63. The summed E-state index contributed by atoms with van der Waals surface area (Å²) < 4.78 is 0. The van der Waals surface area contributed by atoms with Gasteiger partial charge < -0.3 is 15.7 Å². The van der Waals surface area contributed by atoms with Crippen LogP contribution in [0.15, 0.2) is 0 Å². The third-order valence-electron chi connectivity index (χ3n) is 0.914. The van der Waals surface area contributed by atoms with E-state index in [4.69, 9.17) is 10.8 Å². The van der Waals surface area contributed by atoms with E-state index in [-0.39, 0.29) is 6.10 Å². The minimum atomic E-state index is -0.378. The van der Waals surface area contributed by atoms with Crippen molar-refractivity contribution in [2.75, 3.05) is 13.6 Å². The molecule has 0 aliphatic heterocycles. The molecule has 0 saturated carbocycles. The van der Waals surface area contributed by atoms with Crippen LogP contribution in [-0.4, -0.2) is 34.8 Å². The van der Waals surface area contributed by atoms with Gasteiger partial charge in [-0.1, -0.05) is 0 Å². The van der Waals surface area contributed by atoms with Crippen molar-refractivity contribution in [2.45, 2.75) is 13.0 Å². The lowest BCUT2D eigenvalue weighted by Gasteiger charge is -2.17. The second kappa shape index (κ2) is 3.63. The number of aliphatic hydroxyl groups excluding tert-OH is 1. The zero-order valence-corrected chi connectivity index (χ0v) is 6.48. The minimum Gasteiger partial charge on any atom is -0.392 e. The maximum Gasteiger partial charge on any atom is 0.166 e. The largest absolute Gasteiger partial charge is 0.392 e. The lowest BCUT2D eigenvalue weighted by Crippen LogP contribution is -2.36. The normalized spacial score (nSPS) is 12.8. The predicted molar refractivity (Wildman–Crippen MR) is 41.1 cm³/mol. The van der Waals surface area contributed by atoms with E-state index in [1.807, 2.05) is 0 Å². The Morgan fingerprint density at radius 1 is 1.89 bits per heavy atom. The van der Waals surface area contributed by atoms with Gasteiger partial charge in [0.15, 0.2) is 5.11 Å². The van der Waals surface area contributed by atoms with Gasteiger partial charge in [-0.2, -0.15) is 0 Å². The summed E-state index contributed by atoms with van der Waals surface area (Å²) in [5.41, 5.74) is 5.23. The molecule has 0 aromatic heterocycles. The first kappa shape index (κ1) is 8.65. The number of rotatable bonds is 2. The molecule has 0 bridgehead atoms. The van der Waals surface area contributed by atoms with Gasteiger partial charge in [-0.15, -0.1) is 0 Å². The van der Waals surface area contributed by atoms with E-state index in [0.29, 0.717) is 11.7 Å². The molecule has 0 rings (SSSR count). The first-order valence-electron chi connectivity index (χ1n) is 2.72. The third kappa shape index (κ3) is 4.17. The van der Waals surface area contributed by atoms with E-state index in [1.165, 1.54) is 0 Å². The van der Waals surface area contributed by atoms with Crippen molar-refractivity contribution >= 4 is 17.3 Å². The van der Waals surface area contributed by atoms with Crippen LogP contribution in [0, 0.1) is 0 Å². The van der Waals surface area contributed by atoms with Gasteiger partial charge in [0.05, 0.1) is 6.10 Å². The van der Waals surface area contributed by atoms with Crippen LogP contribution < -0.4 is 5.73 Å². The molecule has 0 aliphatic carbocycles. The molecule has 0 fully saturated rings. The van der Waals surface area contributed by atoms with Crippen LogP contribution in [0.3, 0.4) is 0 Å². The molecule has 4 heteroatoms. The van der Waals surface area contributed by atoms with Crippen LogP contribution in [0.1, 0.15) is 6.92 Å². The fourth-order valence-electron chi connectivity index (χ4n) is 0.486. The lowest BCUT2D eigenvalue weighted by atomic mass is 10.4. The predicted octanol–water partition coefficient (Wildman–Crippen LogP) is -0.457. The lowest BCUT2D eigenvalue weighted by molar-refractivity contribution is 0.168. The molecule has 0 radical (unpaired) electrons. The summed E-state index contributed by atoms with van der Waals surface area (Å²) in [6, 6.07) is 0. The van der Waals surface area contributed by atoms with E-state index in [1.54, 1.807) is 18.9 Å². The monoisotopic (exact) mass is 148 g/mol. The van der Waals surface area contributed by atoms with Crippen LogP contribution in [-0.2, 0) is 0 Å². The molecule has 0 aromatic carbocycles. The van der Waals surface area contributed by atoms with Gasteiger partial charge in [0, 0.05) is 13.6 Å². The Bertz CT molecular complexity index is 105. The third-order valence-corrected chi connectivity index (χ3v) is 1.23. The Hall–Kier alpha value is -0.350. The minimum absolute atomic E-state index is 0.316. The van der Waals surface area contributed by atoms with Gasteiger partial charge in [-0.3, -0.25) is 0 Å². The van der Waals surface area contributed by atoms with Gasteiger partial charge in [-0.05, 0) is 19.1 Å². The summed E-state index contributed by atoms with van der Waals surface area (Å²) in [6.07, 6.45) is -0.378. The SMILES string of the molecule is CC(O)CN(C)C(N)=S. The van der Waals surface area contributed by atoms with Crippen LogP contribution in [0.5, 0.6) is 0 Å². The summed E-state index contributed by atoms with van der Waals surface area (Å²) >= 11 is 4.63. The van der Waals surface area contributed by atoms with Gasteiger partial charge >= 0.3 is 0 Å². The number of likely N-dealkylation sites (N-methyl/N-ethyl adjacent to an activating group) is 1. The molecule has 9 heavy (non-hydrogen) atoms.